The van der Waals surface area contributed by atoms with E-state index in [1.54, 1.807) is 0 Å². The van der Waals surface area contributed by atoms with Gasteiger partial charge in [0.05, 0.1) is 12.0 Å². The van der Waals surface area contributed by atoms with Crippen LogP contribution < -0.4 is 11.1 Å². The van der Waals surface area contributed by atoms with Gasteiger partial charge < -0.3 is 21.1 Å². The van der Waals surface area contributed by atoms with Gasteiger partial charge in [-0.15, -0.1) is 0 Å². The van der Waals surface area contributed by atoms with Crippen LogP contribution in [0.4, 0.5) is 4.79 Å². The van der Waals surface area contributed by atoms with E-state index < -0.39 is 6.03 Å². The molecule has 17 heavy (non-hydrogen) atoms. The summed E-state index contributed by atoms with van der Waals surface area (Å²) in [5.41, 5.74) is 5.21. The Bertz CT molecular complexity index is 315. The molecular formula is C11H19N3O3. The lowest BCUT2D eigenvalue weighted by molar-refractivity contribution is -0.128. The minimum atomic E-state index is -0.457. The summed E-state index contributed by atoms with van der Waals surface area (Å²) in [6.07, 6.45) is 2.61. The molecule has 1 saturated carbocycles. The quantitative estimate of drug-likeness (QED) is 0.603. The molecule has 1 unspecified atom stereocenters. The van der Waals surface area contributed by atoms with Gasteiger partial charge in [0.25, 0.3) is 0 Å². The number of primary amides is 1. The molecule has 1 aliphatic carbocycles. The zero-order valence-corrected chi connectivity index (χ0v) is 9.76. The molecule has 2 aliphatic rings. The van der Waals surface area contributed by atoms with Crippen molar-refractivity contribution in [2.45, 2.75) is 37.8 Å². The highest BCUT2D eigenvalue weighted by molar-refractivity contribution is 5.80. The molecule has 4 N–H and O–H groups in total. The maximum Gasteiger partial charge on any atom is 0.314 e. The van der Waals surface area contributed by atoms with Crippen molar-refractivity contribution in [1.29, 1.82) is 0 Å². The number of piperidine rings is 1. The SMILES string of the molecule is NC(=O)N1CCCC(C(=O)NC2CC(O)C2)C1. The van der Waals surface area contributed by atoms with Crippen LogP contribution in [0.25, 0.3) is 0 Å². The first kappa shape index (κ1) is 12.2. The number of carbonyl (C=O) groups is 2. The molecule has 1 aliphatic heterocycles. The Balaban J connectivity index is 1.80. The molecule has 1 heterocycles. The Kier molecular flexibility index (Phi) is 3.51. The van der Waals surface area contributed by atoms with Crippen LogP contribution in [-0.2, 0) is 4.79 Å². The maximum absolute atomic E-state index is 11.9. The van der Waals surface area contributed by atoms with Gasteiger partial charge in [0.15, 0.2) is 0 Å². The Morgan fingerprint density at radius 1 is 1.35 bits per heavy atom. The third-order valence-corrected chi connectivity index (χ3v) is 3.56. The fraction of sp³-hybridized carbons (Fsp3) is 0.818. The number of nitrogens with zero attached hydrogens (tertiary/aromatic N) is 1. The van der Waals surface area contributed by atoms with Crippen molar-refractivity contribution in [3.63, 3.8) is 0 Å². The van der Waals surface area contributed by atoms with E-state index in [9.17, 15) is 9.59 Å². The average molecular weight is 241 g/mol. The van der Waals surface area contributed by atoms with Gasteiger partial charge in [0.1, 0.15) is 0 Å². The van der Waals surface area contributed by atoms with Crippen LogP contribution in [0.2, 0.25) is 0 Å². The number of aliphatic hydroxyl groups excluding tert-OH is 1. The molecule has 96 valence electrons. The summed E-state index contributed by atoms with van der Waals surface area (Å²) in [4.78, 5) is 24.5. The van der Waals surface area contributed by atoms with Gasteiger partial charge in [-0.2, -0.15) is 0 Å². The first-order valence-corrected chi connectivity index (χ1v) is 6.09. The predicted octanol–water partition coefficient (Wildman–Crippen LogP) is -0.583. The van der Waals surface area contributed by atoms with E-state index in [2.05, 4.69) is 5.32 Å². The van der Waals surface area contributed by atoms with Gasteiger partial charge >= 0.3 is 6.03 Å². The van der Waals surface area contributed by atoms with Crippen LogP contribution >= 0.6 is 0 Å². The highest BCUT2D eigenvalue weighted by Gasteiger charge is 2.32. The van der Waals surface area contributed by atoms with Gasteiger partial charge in [0, 0.05) is 19.1 Å². The molecule has 0 aromatic carbocycles. The van der Waals surface area contributed by atoms with Crippen LogP contribution in [0.1, 0.15) is 25.7 Å². The molecule has 3 amide bonds. The number of nitrogens with one attached hydrogen (secondary N) is 1. The number of nitrogens with two attached hydrogens (primary N) is 1. The zero-order chi connectivity index (χ0) is 12.4. The van der Waals surface area contributed by atoms with Gasteiger partial charge in [-0.25, -0.2) is 4.79 Å². The summed E-state index contributed by atoms with van der Waals surface area (Å²) < 4.78 is 0. The monoisotopic (exact) mass is 241 g/mol. The number of carbonyl (C=O) groups excluding carboxylic acids is 2. The van der Waals surface area contributed by atoms with Crippen molar-refractivity contribution < 1.29 is 14.7 Å². The van der Waals surface area contributed by atoms with E-state index in [0.717, 1.165) is 12.8 Å². The second-order valence-corrected chi connectivity index (χ2v) is 4.95. The lowest BCUT2D eigenvalue weighted by Gasteiger charge is -2.35. The lowest BCUT2D eigenvalue weighted by Crippen LogP contribution is -2.52. The maximum atomic E-state index is 11.9. The van der Waals surface area contributed by atoms with Crippen molar-refractivity contribution >= 4 is 11.9 Å². The molecule has 6 heteroatoms. The first-order chi connectivity index (χ1) is 8.06. The van der Waals surface area contributed by atoms with Crippen molar-refractivity contribution in [2.75, 3.05) is 13.1 Å². The van der Waals surface area contributed by atoms with Gasteiger partial charge in [-0.3, -0.25) is 4.79 Å². The number of hydrogen-bond acceptors (Lipinski definition) is 3. The zero-order valence-electron chi connectivity index (χ0n) is 9.76. The van der Waals surface area contributed by atoms with Crippen molar-refractivity contribution in [3.05, 3.63) is 0 Å². The van der Waals surface area contributed by atoms with Crippen LogP contribution in [-0.4, -0.2) is 47.2 Å². The molecular weight excluding hydrogens is 222 g/mol. The molecule has 0 spiro atoms. The van der Waals surface area contributed by atoms with Crippen LogP contribution in [0.5, 0.6) is 0 Å². The van der Waals surface area contributed by atoms with E-state index in [4.69, 9.17) is 10.8 Å². The fourth-order valence-corrected chi connectivity index (χ4v) is 2.42. The Morgan fingerprint density at radius 3 is 2.65 bits per heavy atom. The lowest BCUT2D eigenvalue weighted by atomic mass is 9.88. The average Bonchev–Trinajstić information content (AvgIpc) is 2.27. The Labute approximate surface area is 100 Å². The van der Waals surface area contributed by atoms with E-state index in [1.807, 2.05) is 0 Å². The number of likely N-dealkylation sites (tertiary alicyclic amines) is 1. The fourth-order valence-electron chi connectivity index (χ4n) is 2.42. The Morgan fingerprint density at radius 2 is 2.06 bits per heavy atom. The topological polar surface area (TPSA) is 95.7 Å². The van der Waals surface area contributed by atoms with E-state index in [-0.39, 0.29) is 24.0 Å². The molecule has 2 rings (SSSR count). The molecule has 0 aromatic heterocycles. The standard InChI is InChI=1S/C11H19N3O3/c12-11(17)14-3-1-2-7(6-14)10(16)13-8-4-9(15)5-8/h7-9,15H,1-6H2,(H2,12,17)(H,13,16). The highest BCUT2D eigenvalue weighted by Crippen LogP contribution is 2.22. The highest BCUT2D eigenvalue weighted by atomic mass is 16.3. The molecule has 0 aromatic rings. The predicted molar refractivity (Wildman–Crippen MR) is 61.1 cm³/mol. The van der Waals surface area contributed by atoms with Gasteiger partial charge in [0.2, 0.25) is 5.91 Å². The van der Waals surface area contributed by atoms with Crippen LogP contribution in [0, 0.1) is 5.92 Å². The summed E-state index contributed by atoms with van der Waals surface area (Å²) in [6, 6.07) is -0.358. The molecule has 0 radical (unpaired) electrons. The smallest absolute Gasteiger partial charge is 0.314 e. The number of amides is 3. The second kappa shape index (κ2) is 4.91. The number of urea groups is 1. The van der Waals surface area contributed by atoms with Crippen molar-refractivity contribution in [2.24, 2.45) is 11.7 Å². The van der Waals surface area contributed by atoms with E-state index in [1.165, 1.54) is 4.90 Å². The summed E-state index contributed by atoms with van der Waals surface area (Å²) in [6.45, 7) is 1.05. The third kappa shape index (κ3) is 2.88. The van der Waals surface area contributed by atoms with E-state index in [0.29, 0.717) is 25.9 Å². The van der Waals surface area contributed by atoms with Gasteiger partial charge in [-0.1, -0.05) is 0 Å². The van der Waals surface area contributed by atoms with Gasteiger partial charge in [-0.05, 0) is 25.7 Å². The molecule has 1 saturated heterocycles. The third-order valence-electron chi connectivity index (χ3n) is 3.56. The van der Waals surface area contributed by atoms with E-state index >= 15 is 0 Å². The normalized spacial score (nSPS) is 32.8. The number of aliphatic hydroxyl groups is 1. The summed E-state index contributed by atoms with van der Waals surface area (Å²) in [5.74, 6) is -0.179. The molecule has 2 fully saturated rings. The minimum absolute atomic E-state index is 0.0205. The minimum Gasteiger partial charge on any atom is -0.393 e. The van der Waals surface area contributed by atoms with Crippen molar-refractivity contribution in [1.82, 2.24) is 10.2 Å². The number of hydrogen-bond donors (Lipinski definition) is 3. The molecule has 6 nitrogen and oxygen atoms in total. The Hall–Kier alpha value is -1.30. The molecule has 0 bridgehead atoms. The van der Waals surface area contributed by atoms with Crippen molar-refractivity contribution in [3.8, 4) is 0 Å². The second-order valence-electron chi connectivity index (χ2n) is 4.95. The van der Waals surface area contributed by atoms with Crippen LogP contribution in [0.3, 0.4) is 0 Å². The number of rotatable bonds is 2. The largest absolute Gasteiger partial charge is 0.393 e. The van der Waals surface area contributed by atoms with Crippen LogP contribution in [0.15, 0.2) is 0 Å². The summed E-state index contributed by atoms with van der Waals surface area (Å²) in [5, 5.41) is 12.0. The summed E-state index contributed by atoms with van der Waals surface area (Å²) in [7, 11) is 0. The first-order valence-electron chi connectivity index (χ1n) is 6.09. The summed E-state index contributed by atoms with van der Waals surface area (Å²) >= 11 is 0. The molecule has 1 atom stereocenters.